The van der Waals surface area contributed by atoms with Crippen molar-refractivity contribution in [1.82, 2.24) is 15.2 Å². The fourth-order valence-corrected chi connectivity index (χ4v) is 6.22. The maximum atomic E-state index is 13.8. The summed E-state index contributed by atoms with van der Waals surface area (Å²) in [7, 11) is 0. The molecule has 0 aliphatic carbocycles. The summed E-state index contributed by atoms with van der Waals surface area (Å²) >= 11 is 6.08. The number of benzene rings is 2. The summed E-state index contributed by atoms with van der Waals surface area (Å²) in [5.41, 5.74) is 3.00. The fraction of sp³-hybridized carbons (Fsp3) is 0.516. The van der Waals surface area contributed by atoms with Crippen LogP contribution in [0, 0.1) is 11.8 Å². The van der Waals surface area contributed by atoms with Gasteiger partial charge >= 0.3 is 0 Å². The molecule has 2 fully saturated rings. The summed E-state index contributed by atoms with van der Waals surface area (Å²) in [4.78, 5) is 13.8. The van der Waals surface area contributed by atoms with Crippen LogP contribution in [-0.4, -0.2) is 36.5 Å². The van der Waals surface area contributed by atoms with E-state index in [-0.39, 0.29) is 5.78 Å². The first-order chi connectivity index (χ1) is 18.2. The first-order valence-corrected chi connectivity index (χ1v) is 14.5. The third-order valence-corrected chi connectivity index (χ3v) is 8.37. The molecular weight excluding hydrogens is 482 g/mol. The van der Waals surface area contributed by atoms with Gasteiger partial charge in [-0.2, -0.15) is 0 Å². The Morgan fingerprint density at radius 2 is 1.65 bits per heavy atom. The number of nitrogens with zero attached hydrogens (tertiary/aromatic N) is 1. The molecule has 2 unspecified atom stereocenters. The van der Waals surface area contributed by atoms with E-state index in [0.717, 1.165) is 79.4 Å². The molecule has 2 aliphatic heterocycles. The first kappa shape index (κ1) is 26.3. The number of aryl methyl sites for hydroxylation is 1. The van der Waals surface area contributed by atoms with E-state index in [1.54, 1.807) is 0 Å². The van der Waals surface area contributed by atoms with E-state index in [0.29, 0.717) is 24.0 Å². The predicted molar refractivity (Wildman–Crippen MR) is 152 cm³/mol. The molecule has 5 rings (SSSR count). The smallest absolute Gasteiger partial charge is 0.165 e. The molecule has 2 atom stereocenters. The number of hydrogen-bond donors (Lipinski definition) is 2. The third-order valence-electron chi connectivity index (χ3n) is 8.12. The SMILES string of the molecule is O=C(CCC1CCCNC1)c1c(COc2ccc(Cl)cc2)n(CCCC2CCCNC2)c2ccccc12. The molecule has 3 heterocycles. The molecule has 198 valence electrons. The average Bonchev–Trinajstić information content (AvgIpc) is 3.26. The largest absolute Gasteiger partial charge is 0.487 e. The monoisotopic (exact) mass is 521 g/mol. The molecule has 6 heteroatoms. The van der Waals surface area contributed by atoms with Gasteiger partial charge in [0, 0.05) is 34.5 Å². The van der Waals surface area contributed by atoms with E-state index < -0.39 is 0 Å². The van der Waals surface area contributed by atoms with Crippen molar-refractivity contribution in [3.8, 4) is 5.75 Å². The van der Waals surface area contributed by atoms with Crippen molar-refractivity contribution >= 4 is 28.3 Å². The van der Waals surface area contributed by atoms with Crippen LogP contribution in [0.25, 0.3) is 10.9 Å². The lowest BCUT2D eigenvalue weighted by Gasteiger charge is -2.23. The Bertz CT molecular complexity index is 1160. The number of ketones is 1. The number of hydrogen-bond acceptors (Lipinski definition) is 4. The summed E-state index contributed by atoms with van der Waals surface area (Å²) < 4.78 is 8.61. The minimum Gasteiger partial charge on any atom is -0.487 e. The molecule has 2 aromatic carbocycles. The van der Waals surface area contributed by atoms with Gasteiger partial charge < -0.3 is 19.9 Å². The number of carbonyl (C=O) groups excluding carboxylic acids is 1. The number of carbonyl (C=O) groups is 1. The van der Waals surface area contributed by atoms with Crippen LogP contribution in [0.5, 0.6) is 5.75 Å². The molecule has 0 spiro atoms. The Hall–Kier alpha value is -2.34. The summed E-state index contributed by atoms with van der Waals surface area (Å²) in [5, 5.41) is 8.77. The third kappa shape index (κ3) is 6.76. The number of rotatable bonds is 11. The van der Waals surface area contributed by atoms with Gasteiger partial charge in [-0.1, -0.05) is 29.8 Å². The van der Waals surface area contributed by atoms with E-state index in [1.165, 1.54) is 32.1 Å². The second kappa shape index (κ2) is 12.9. The van der Waals surface area contributed by atoms with Crippen molar-refractivity contribution in [3.63, 3.8) is 0 Å². The number of piperidine rings is 2. The lowest BCUT2D eigenvalue weighted by Crippen LogP contribution is -2.30. The zero-order valence-electron chi connectivity index (χ0n) is 21.8. The molecule has 1 aromatic heterocycles. The lowest BCUT2D eigenvalue weighted by atomic mass is 9.92. The summed E-state index contributed by atoms with van der Waals surface area (Å²) in [5.74, 6) is 2.34. The number of Topliss-reactive ketones (excluding diaryl/α,β-unsaturated/α-hetero) is 1. The Labute approximate surface area is 225 Å². The summed E-state index contributed by atoms with van der Waals surface area (Å²) in [6, 6.07) is 15.9. The van der Waals surface area contributed by atoms with Crippen LogP contribution in [0.1, 0.15) is 67.4 Å². The van der Waals surface area contributed by atoms with Crippen molar-refractivity contribution < 1.29 is 9.53 Å². The van der Waals surface area contributed by atoms with Crippen LogP contribution in [-0.2, 0) is 13.2 Å². The normalized spacial score (nSPS) is 20.2. The molecule has 0 radical (unpaired) electrons. The zero-order valence-corrected chi connectivity index (χ0v) is 22.6. The van der Waals surface area contributed by atoms with Gasteiger partial charge in [0.15, 0.2) is 5.78 Å². The fourth-order valence-electron chi connectivity index (χ4n) is 6.09. The van der Waals surface area contributed by atoms with E-state index in [9.17, 15) is 4.79 Å². The number of halogens is 1. The van der Waals surface area contributed by atoms with Crippen LogP contribution in [0.4, 0.5) is 0 Å². The molecule has 2 aliphatic rings. The number of aromatic nitrogens is 1. The van der Waals surface area contributed by atoms with Gasteiger partial charge in [0.05, 0.1) is 5.69 Å². The van der Waals surface area contributed by atoms with Gasteiger partial charge in [0.1, 0.15) is 12.4 Å². The Balaban J connectivity index is 1.40. The highest BCUT2D eigenvalue weighted by Crippen LogP contribution is 2.31. The Morgan fingerprint density at radius 3 is 2.35 bits per heavy atom. The van der Waals surface area contributed by atoms with Gasteiger partial charge in [-0.3, -0.25) is 4.79 Å². The van der Waals surface area contributed by atoms with Gasteiger partial charge in [0.2, 0.25) is 0 Å². The van der Waals surface area contributed by atoms with Gasteiger partial charge in [-0.25, -0.2) is 0 Å². The number of ether oxygens (including phenoxy) is 1. The van der Waals surface area contributed by atoms with E-state index in [4.69, 9.17) is 16.3 Å². The highest BCUT2D eigenvalue weighted by atomic mass is 35.5. The van der Waals surface area contributed by atoms with Crippen molar-refractivity contribution in [3.05, 3.63) is 64.8 Å². The minimum absolute atomic E-state index is 0.242. The average molecular weight is 522 g/mol. The summed E-state index contributed by atoms with van der Waals surface area (Å²) in [6.07, 6.45) is 8.83. The van der Waals surface area contributed by atoms with Crippen LogP contribution in [0.3, 0.4) is 0 Å². The summed E-state index contributed by atoms with van der Waals surface area (Å²) in [6.45, 7) is 5.66. The maximum Gasteiger partial charge on any atom is 0.165 e. The van der Waals surface area contributed by atoms with Gasteiger partial charge in [-0.15, -0.1) is 0 Å². The molecule has 3 aromatic rings. The number of nitrogens with one attached hydrogen (secondary N) is 2. The van der Waals surface area contributed by atoms with Crippen molar-refractivity contribution in [1.29, 1.82) is 0 Å². The first-order valence-electron chi connectivity index (χ1n) is 14.1. The van der Waals surface area contributed by atoms with Crippen molar-refractivity contribution in [2.24, 2.45) is 11.8 Å². The predicted octanol–water partition coefficient (Wildman–Crippen LogP) is 6.62. The molecule has 2 saturated heterocycles. The molecule has 37 heavy (non-hydrogen) atoms. The minimum atomic E-state index is 0.242. The molecule has 2 N–H and O–H groups in total. The van der Waals surface area contributed by atoms with Crippen LogP contribution in [0.15, 0.2) is 48.5 Å². The lowest BCUT2D eigenvalue weighted by molar-refractivity contribution is 0.0970. The van der Waals surface area contributed by atoms with Gasteiger partial charge in [-0.05, 0) is 113 Å². The van der Waals surface area contributed by atoms with E-state index >= 15 is 0 Å². The quantitative estimate of drug-likeness (QED) is 0.278. The Kier molecular flexibility index (Phi) is 9.19. The van der Waals surface area contributed by atoms with Crippen molar-refractivity contribution in [2.45, 2.75) is 64.5 Å². The molecule has 0 amide bonds. The molecular formula is C31H40ClN3O2. The zero-order chi connectivity index (χ0) is 25.5. The molecule has 0 saturated carbocycles. The molecule has 5 nitrogen and oxygen atoms in total. The van der Waals surface area contributed by atoms with Crippen LogP contribution < -0.4 is 15.4 Å². The highest BCUT2D eigenvalue weighted by Gasteiger charge is 2.24. The maximum absolute atomic E-state index is 13.8. The van der Waals surface area contributed by atoms with E-state index in [2.05, 4.69) is 33.4 Å². The van der Waals surface area contributed by atoms with E-state index in [1.807, 2.05) is 30.3 Å². The number of fused-ring (bicyclic) bond motifs is 1. The Morgan fingerprint density at radius 1 is 0.946 bits per heavy atom. The highest BCUT2D eigenvalue weighted by molar-refractivity contribution is 6.30. The second-order valence-corrected chi connectivity index (χ2v) is 11.2. The topological polar surface area (TPSA) is 55.3 Å². The standard InChI is InChI=1S/C31H40ClN3O2/c32-25-12-14-26(15-13-25)37-22-29-31(30(36)16-11-24-7-4-18-34-21-24)27-9-1-2-10-28(27)35(29)19-5-8-23-6-3-17-33-20-23/h1-2,9-10,12-15,23-24,33-34H,3-8,11,16-22H2. The number of para-hydroxylation sites is 1. The van der Waals surface area contributed by atoms with Crippen LogP contribution >= 0.6 is 11.6 Å². The molecule has 0 bridgehead atoms. The second-order valence-electron chi connectivity index (χ2n) is 10.8. The van der Waals surface area contributed by atoms with Gasteiger partial charge in [0.25, 0.3) is 0 Å². The van der Waals surface area contributed by atoms with Crippen LogP contribution in [0.2, 0.25) is 5.02 Å². The van der Waals surface area contributed by atoms with Crippen molar-refractivity contribution in [2.75, 3.05) is 26.2 Å².